The van der Waals surface area contributed by atoms with Crippen molar-refractivity contribution in [1.29, 1.82) is 0 Å². The van der Waals surface area contributed by atoms with Crippen molar-refractivity contribution >= 4 is 11.6 Å². The molecule has 0 aliphatic carbocycles. The molecule has 0 N–H and O–H groups in total. The Hall–Kier alpha value is -2.90. The summed E-state index contributed by atoms with van der Waals surface area (Å²) >= 11 is 0. The van der Waals surface area contributed by atoms with Gasteiger partial charge in [-0.05, 0) is 24.2 Å². The Kier molecular flexibility index (Phi) is 7.07. The monoisotopic (exact) mass is 436 g/mol. The van der Waals surface area contributed by atoms with Gasteiger partial charge in [0, 0.05) is 44.2 Å². The largest absolute Gasteiger partial charge is 0.497 e. The van der Waals surface area contributed by atoms with Crippen LogP contribution in [0.15, 0.2) is 53.6 Å². The molecule has 0 spiro atoms. The van der Waals surface area contributed by atoms with Crippen molar-refractivity contribution in [1.82, 2.24) is 14.8 Å². The number of ether oxygens (including phenoxy) is 2. The van der Waals surface area contributed by atoms with Crippen LogP contribution in [0, 0.1) is 0 Å². The summed E-state index contributed by atoms with van der Waals surface area (Å²) in [7, 11) is 3.27. The van der Waals surface area contributed by atoms with Crippen molar-refractivity contribution in [2.75, 3.05) is 53.5 Å². The minimum absolute atomic E-state index is 0.0336. The van der Waals surface area contributed by atoms with Gasteiger partial charge in [-0.25, -0.2) is 5.01 Å². The van der Waals surface area contributed by atoms with Crippen molar-refractivity contribution in [2.24, 2.45) is 5.10 Å². The molecule has 1 saturated heterocycles. The van der Waals surface area contributed by atoms with E-state index in [4.69, 9.17) is 14.6 Å². The second-order valence-electron chi connectivity index (χ2n) is 8.19. The molecule has 2 aromatic rings. The van der Waals surface area contributed by atoms with Gasteiger partial charge in [0.25, 0.3) is 5.91 Å². The van der Waals surface area contributed by atoms with E-state index in [1.54, 1.807) is 19.2 Å². The number of hydrogen-bond acceptors (Lipinski definition) is 6. The Bertz CT molecular complexity index is 955. The Morgan fingerprint density at radius 2 is 1.72 bits per heavy atom. The number of nitrogens with zero attached hydrogens (tertiary/aromatic N) is 4. The summed E-state index contributed by atoms with van der Waals surface area (Å²) in [6.45, 7) is 7.45. The standard InChI is InChI=1S/C25H32N4O3/c1-4-27-12-14-28(15-13-27)18-25(30)29-23(19-8-6-5-7-9-19)17-22(26-29)21-11-10-20(31-2)16-24(21)32-3/h5-11,16,23H,4,12-15,17-18H2,1-3H3/t23-/m0/s1. The molecule has 1 amide bonds. The lowest BCUT2D eigenvalue weighted by atomic mass is 9.98. The van der Waals surface area contributed by atoms with Gasteiger partial charge >= 0.3 is 0 Å². The number of amides is 1. The summed E-state index contributed by atoms with van der Waals surface area (Å²) in [5, 5.41) is 6.50. The highest BCUT2D eigenvalue weighted by atomic mass is 16.5. The number of piperazine rings is 1. The Balaban J connectivity index is 1.58. The third-order valence-corrected chi connectivity index (χ3v) is 6.34. The third kappa shape index (κ3) is 4.79. The first-order valence-electron chi connectivity index (χ1n) is 11.2. The Labute approximate surface area is 190 Å². The van der Waals surface area contributed by atoms with E-state index < -0.39 is 0 Å². The fourth-order valence-corrected chi connectivity index (χ4v) is 4.40. The normalized spacial score (nSPS) is 19.7. The number of methoxy groups -OCH3 is 2. The predicted molar refractivity (Wildman–Crippen MR) is 125 cm³/mol. The van der Waals surface area contributed by atoms with Gasteiger partial charge < -0.3 is 14.4 Å². The van der Waals surface area contributed by atoms with Crippen molar-refractivity contribution in [3.63, 3.8) is 0 Å². The molecule has 2 aromatic carbocycles. The quantitative estimate of drug-likeness (QED) is 0.668. The van der Waals surface area contributed by atoms with Crippen LogP contribution in [-0.2, 0) is 4.79 Å². The minimum atomic E-state index is -0.123. The number of hydrogen-bond donors (Lipinski definition) is 0. The van der Waals surface area contributed by atoms with Gasteiger partial charge in [-0.2, -0.15) is 5.10 Å². The van der Waals surface area contributed by atoms with E-state index in [9.17, 15) is 4.79 Å². The van der Waals surface area contributed by atoms with Crippen LogP contribution < -0.4 is 9.47 Å². The number of benzene rings is 2. The van der Waals surface area contributed by atoms with Crippen LogP contribution in [0.1, 0.15) is 30.5 Å². The van der Waals surface area contributed by atoms with Crippen molar-refractivity contribution in [3.05, 3.63) is 59.7 Å². The van der Waals surface area contributed by atoms with E-state index in [1.165, 1.54) is 0 Å². The number of likely N-dealkylation sites (N-methyl/N-ethyl adjacent to an activating group) is 1. The van der Waals surface area contributed by atoms with E-state index in [0.717, 1.165) is 55.3 Å². The zero-order valence-electron chi connectivity index (χ0n) is 19.2. The molecule has 170 valence electrons. The van der Waals surface area contributed by atoms with Gasteiger partial charge in [0.2, 0.25) is 0 Å². The molecule has 7 heteroatoms. The van der Waals surface area contributed by atoms with Crippen LogP contribution in [-0.4, -0.2) is 79.9 Å². The highest BCUT2D eigenvalue weighted by molar-refractivity contribution is 6.05. The summed E-state index contributed by atoms with van der Waals surface area (Å²) in [4.78, 5) is 18.0. The third-order valence-electron chi connectivity index (χ3n) is 6.34. The van der Waals surface area contributed by atoms with E-state index in [2.05, 4.69) is 28.9 Å². The van der Waals surface area contributed by atoms with Gasteiger partial charge in [-0.1, -0.05) is 37.3 Å². The molecule has 4 rings (SSSR count). The summed E-state index contributed by atoms with van der Waals surface area (Å²) in [5.41, 5.74) is 2.83. The number of carbonyl (C=O) groups is 1. The van der Waals surface area contributed by atoms with Gasteiger partial charge in [0.1, 0.15) is 11.5 Å². The molecule has 2 heterocycles. The first kappa shape index (κ1) is 22.3. The highest BCUT2D eigenvalue weighted by Gasteiger charge is 2.35. The van der Waals surface area contributed by atoms with Crippen LogP contribution in [0.3, 0.4) is 0 Å². The van der Waals surface area contributed by atoms with E-state index in [-0.39, 0.29) is 11.9 Å². The SMILES string of the molecule is CCN1CCN(CC(=O)N2N=C(c3ccc(OC)cc3OC)C[C@H]2c2ccccc2)CC1. The van der Waals surface area contributed by atoms with Crippen molar-refractivity contribution in [3.8, 4) is 11.5 Å². The summed E-state index contributed by atoms with van der Waals surface area (Å²) in [6.07, 6.45) is 0.641. The second kappa shape index (κ2) is 10.1. The van der Waals surface area contributed by atoms with Gasteiger partial charge in [0.15, 0.2) is 0 Å². The van der Waals surface area contributed by atoms with E-state index in [1.807, 2.05) is 36.4 Å². The number of hydrazone groups is 1. The molecule has 1 atom stereocenters. The molecule has 0 radical (unpaired) electrons. The lowest BCUT2D eigenvalue weighted by molar-refractivity contribution is -0.134. The molecule has 0 aromatic heterocycles. The molecule has 32 heavy (non-hydrogen) atoms. The van der Waals surface area contributed by atoms with Crippen LogP contribution in [0.4, 0.5) is 0 Å². The van der Waals surface area contributed by atoms with Crippen molar-refractivity contribution < 1.29 is 14.3 Å². The van der Waals surface area contributed by atoms with E-state index in [0.29, 0.717) is 18.7 Å². The zero-order chi connectivity index (χ0) is 22.5. The molecular formula is C25H32N4O3. The second-order valence-corrected chi connectivity index (χ2v) is 8.19. The summed E-state index contributed by atoms with van der Waals surface area (Å²) in [5.74, 6) is 1.45. The Morgan fingerprint density at radius 1 is 1.00 bits per heavy atom. The average Bonchev–Trinajstić information content (AvgIpc) is 3.30. The maximum absolute atomic E-state index is 13.4. The topological polar surface area (TPSA) is 57.6 Å². The first-order chi connectivity index (χ1) is 15.6. The highest BCUT2D eigenvalue weighted by Crippen LogP contribution is 2.36. The smallest absolute Gasteiger partial charge is 0.257 e. The fraction of sp³-hybridized carbons (Fsp3) is 0.440. The maximum atomic E-state index is 13.4. The minimum Gasteiger partial charge on any atom is -0.497 e. The van der Waals surface area contributed by atoms with Crippen LogP contribution in [0.2, 0.25) is 0 Å². The molecule has 2 aliphatic heterocycles. The first-order valence-corrected chi connectivity index (χ1v) is 11.2. The average molecular weight is 437 g/mol. The lowest BCUT2D eigenvalue weighted by Gasteiger charge is -2.34. The molecule has 2 aliphatic rings. The van der Waals surface area contributed by atoms with Crippen molar-refractivity contribution in [2.45, 2.75) is 19.4 Å². The molecule has 0 bridgehead atoms. The van der Waals surface area contributed by atoms with Gasteiger partial charge in [0.05, 0.1) is 32.5 Å². The van der Waals surface area contributed by atoms with Crippen LogP contribution in [0.5, 0.6) is 11.5 Å². The predicted octanol–water partition coefficient (Wildman–Crippen LogP) is 3.02. The number of rotatable bonds is 7. The zero-order valence-corrected chi connectivity index (χ0v) is 19.2. The molecule has 7 nitrogen and oxygen atoms in total. The molecule has 0 unspecified atom stereocenters. The summed E-state index contributed by atoms with van der Waals surface area (Å²) < 4.78 is 10.9. The number of carbonyl (C=O) groups excluding carboxylic acids is 1. The molecule has 1 fully saturated rings. The lowest BCUT2D eigenvalue weighted by Crippen LogP contribution is -2.49. The maximum Gasteiger partial charge on any atom is 0.257 e. The van der Waals surface area contributed by atoms with Crippen LogP contribution >= 0.6 is 0 Å². The van der Waals surface area contributed by atoms with Gasteiger partial charge in [-0.3, -0.25) is 9.69 Å². The Morgan fingerprint density at radius 3 is 2.38 bits per heavy atom. The molecule has 0 saturated carbocycles. The van der Waals surface area contributed by atoms with Crippen LogP contribution in [0.25, 0.3) is 0 Å². The summed E-state index contributed by atoms with van der Waals surface area (Å²) in [6, 6.07) is 15.7. The fourth-order valence-electron chi connectivity index (χ4n) is 4.40. The van der Waals surface area contributed by atoms with Gasteiger partial charge in [-0.15, -0.1) is 0 Å². The van der Waals surface area contributed by atoms with E-state index >= 15 is 0 Å². The molecular weight excluding hydrogens is 404 g/mol.